The van der Waals surface area contributed by atoms with Crippen LogP contribution >= 0.6 is 28.1 Å². The number of anilines is 1. The van der Waals surface area contributed by atoms with Gasteiger partial charge in [-0.2, -0.15) is 0 Å². The van der Waals surface area contributed by atoms with Gasteiger partial charge in [0.25, 0.3) is 5.91 Å². The number of thiocarbonyl (C=S) groups is 1. The highest BCUT2D eigenvalue weighted by Gasteiger charge is 2.11. The quantitative estimate of drug-likeness (QED) is 0.389. The molecule has 0 spiro atoms. The first-order chi connectivity index (χ1) is 14.5. The summed E-state index contributed by atoms with van der Waals surface area (Å²) in [6, 6.07) is 18.2. The van der Waals surface area contributed by atoms with Crippen molar-refractivity contribution in [2.45, 2.75) is 6.92 Å². The molecule has 1 amide bonds. The van der Waals surface area contributed by atoms with Crippen LogP contribution < -0.4 is 15.4 Å². The van der Waals surface area contributed by atoms with Gasteiger partial charge in [-0.05, 0) is 76.2 Å². The van der Waals surface area contributed by atoms with E-state index >= 15 is 0 Å². The van der Waals surface area contributed by atoms with Gasteiger partial charge in [0.15, 0.2) is 11.7 Å². The standard InChI is InChI=1S/C22H19BrN2O4S/c1-2-28-21(27)15-7-10-16(11-8-15)24-22(30)25-19(26)13-29-18-12-9-14-5-3-4-6-17(14)20(18)23/h3-12H,2,13H2,1H3,(H2,24,25,26,30). The molecule has 3 aromatic rings. The number of fused-ring (bicyclic) bond motifs is 1. The predicted octanol–water partition coefficient (Wildman–Crippen LogP) is 4.67. The second-order valence-corrected chi connectivity index (χ2v) is 7.39. The summed E-state index contributed by atoms with van der Waals surface area (Å²) in [6.07, 6.45) is 0. The van der Waals surface area contributed by atoms with E-state index in [0.29, 0.717) is 23.6 Å². The lowest BCUT2D eigenvalue weighted by Gasteiger charge is -2.12. The van der Waals surface area contributed by atoms with E-state index in [1.807, 2.05) is 30.3 Å². The molecule has 0 aromatic heterocycles. The molecule has 0 aliphatic heterocycles. The lowest BCUT2D eigenvalue weighted by molar-refractivity contribution is -0.121. The van der Waals surface area contributed by atoms with Crippen LogP contribution in [-0.4, -0.2) is 30.2 Å². The average molecular weight is 487 g/mol. The Bertz CT molecular complexity index is 1090. The minimum Gasteiger partial charge on any atom is -0.483 e. The molecule has 30 heavy (non-hydrogen) atoms. The minimum absolute atomic E-state index is 0.130. The maximum atomic E-state index is 12.2. The first-order valence-electron chi connectivity index (χ1n) is 9.16. The van der Waals surface area contributed by atoms with Crippen molar-refractivity contribution in [3.05, 3.63) is 70.7 Å². The second-order valence-electron chi connectivity index (χ2n) is 6.19. The van der Waals surface area contributed by atoms with Crippen molar-refractivity contribution in [1.29, 1.82) is 0 Å². The molecule has 2 N–H and O–H groups in total. The maximum Gasteiger partial charge on any atom is 0.338 e. The molecule has 0 aliphatic rings. The summed E-state index contributed by atoms with van der Waals surface area (Å²) in [6.45, 7) is 1.87. The first kappa shape index (κ1) is 21.7. The van der Waals surface area contributed by atoms with Crippen molar-refractivity contribution < 1.29 is 19.1 Å². The van der Waals surface area contributed by atoms with Gasteiger partial charge in [0.1, 0.15) is 5.75 Å². The van der Waals surface area contributed by atoms with Crippen molar-refractivity contribution in [1.82, 2.24) is 5.32 Å². The van der Waals surface area contributed by atoms with Crippen molar-refractivity contribution >= 4 is 61.6 Å². The van der Waals surface area contributed by atoms with E-state index in [4.69, 9.17) is 21.7 Å². The summed E-state index contributed by atoms with van der Waals surface area (Å²) in [5.41, 5.74) is 1.07. The second kappa shape index (κ2) is 10.2. The number of halogens is 1. The molecule has 8 heteroatoms. The Hall–Kier alpha value is -2.97. The molecule has 0 atom stereocenters. The Morgan fingerprint density at radius 2 is 1.77 bits per heavy atom. The van der Waals surface area contributed by atoms with Crippen molar-refractivity contribution in [2.24, 2.45) is 0 Å². The molecule has 0 saturated carbocycles. The molecule has 3 rings (SSSR count). The SMILES string of the molecule is CCOC(=O)c1ccc(NC(=S)NC(=O)COc2ccc3ccccc3c2Br)cc1. The summed E-state index contributed by atoms with van der Waals surface area (Å²) in [4.78, 5) is 23.8. The Labute approximate surface area is 187 Å². The normalized spacial score (nSPS) is 10.3. The van der Waals surface area contributed by atoms with E-state index < -0.39 is 11.9 Å². The Balaban J connectivity index is 1.52. The van der Waals surface area contributed by atoms with Crippen LogP contribution in [0, 0.1) is 0 Å². The number of hydrogen-bond donors (Lipinski definition) is 2. The van der Waals surface area contributed by atoms with Crippen LogP contribution in [-0.2, 0) is 9.53 Å². The Morgan fingerprint density at radius 3 is 2.50 bits per heavy atom. The van der Waals surface area contributed by atoms with Gasteiger partial charge in [0, 0.05) is 5.69 Å². The van der Waals surface area contributed by atoms with Gasteiger partial charge in [-0.15, -0.1) is 0 Å². The number of hydrogen-bond acceptors (Lipinski definition) is 5. The Kier molecular flexibility index (Phi) is 7.37. The van der Waals surface area contributed by atoms with E-state index in [9.17, 15) is 9.59 Å². The molecule has 154 valence electrons. The number of ether oxygens (including phenoxy) is 2. The van der Waals surface area contributed by atoms with Crippen LogP contribution in [0.1, 0.15) is 17.3 Å². The predicted molar refractivity (Wildman–Crippen MR) is 124 cm³/mol. The number of rotatable bonds is 6. The molecular formula is C22H19BrN2O4S. The fourth-order valence-electron chi connectivity index (χ4n) is 2.70. The van der Waals surface area contributed by atoms with E-state index in [1.54, 1.807) is 37.3 Å². The smallest absolute Gasteiger partial charge is 0.338 e. The lowest BCUT2D eigenvalue weighted by Crippen LogP contribution is -2.37. The highest BCUT2D eigenvalue weighted by molar-refractivity contribution is 9.10. The average Bonchev–Trinajstić information content (AvgIpc) is 2.74. The molecule has 0 aliphatic carbocycles. The maximum absolute atomic E-state index is 12.2. The molecule has 3 aromatic carbocycles. The Morgan fingerprint density at radius 1 is 1.03 bits per heavy atom. The molecule has 0 radical (unpaired) electrons. The summed E-state index contributed by atoms with van der Waals surface area (Å²) in [5.74, 6) is -0.218. The fourth-order valence-corrected chi connectivity index (χ4v) is 3.54. The molecular weight excluding hydrogens is 468 g/mol. The van der Waals surface area contributed by atoms with E-state index in [0.717, 1.165) is 15.2 Å². The largest absolute Gasteiger partial charge is 0.483 e. The van der Waals surface area contributed by atoms with E-state index in [-0.39, 0.29) is 11.7 Å². The van der Waals surface area contributed by atoms with Gasteiger partial charge < -0.3 is 14.8 Å². The topological polar surface area (TPSA) is 76.7 Å². The summed E-state index contributed by atoms with van der Waals surface area (Å²) in [7, 11) is 0. The van der Waals surface area contributed by atoms with Crippen LogP contribution in [0.2, 0.25) is 0 Å². The van der Waals surface area contributed by atoms with Gasteiger partial charge in [0.2, 0.25) is 0 Å². The fraction of sp³-hybridized carbons (Fsp3) is 0.136. The van der Waals surface area contributed by atoms with Crippen molar-refractivity contribution in [3.63, 3.8) is 0 Å². The van der Waals surface area contributed by atoms with Gasteiger partial charge in [0.05, 0.1) is 16.6 Å². The van der Waals surface area contributed by atoms with Gasteiger partial charge in [-0.3, -0.25) is 10.1 Å². The van der Waals surface area contributed by atoms with Crippen molar-refractivity contribution in [3.8, 4) is 5.75 Å². The molecule has 6 nitrogen and oxygen atoms in total. The van der Waals surface area contributed by atoms with Crippen LogP contribution in [0.5, 0.6) is 5.75 Å². The number of nitrogens with one attached hydrogen (secondary N) is 2. The molecule has 0 fully saturated rings. The highest BCUT2D eigenvalue weighted by atomic mass is 79.9. The van der Waals surface area contributed by atoms with E-state index in [1.165, 1.54) is 0 Å². The zero-order valence-electron chi connectivity index (χ0n) is 16.1. The van der Waals surface area contributed by atoms with Gasteiger partial charge in [-0.25, -0.2) is 4.79 Å². The first-order valence-corrected chi connectivity index (χ1v) is 10.4. The third-order valence-corrected chi connectivity index (χ3v) is 5.12. The van der Waals surface area contributed by atoms with Gasteiger partial charge in [-0.1, -0.05) is 30.3 Å². The third kappa shape index (κ3) is 5.55. The zero-order chi connectivity index (χ0) is 21.5. The number of carbonyl (C=O) groups excluding carboxylic acids is 2. The molecule has 0 saturated heterocycles. The number of benzene rings is 3. The number of amides is 1. The van der Waals surface area contributed by atoms with Crippen LogP contribution in [0.15, 0.2) is 65.1 Å². The lowest BCUT2D eigenvalue weighted by atomic mass is 10.1. The molecule has 0 heterocycles. The van der Waals surface area contributed by atoms with Crippen LogP contribution in [0.3, 0.4) is 0 Å². The summed E-state index contributed by atoms with van der Waals surface area (Å²) < 4.78 is 11.4. The van der Waals surface area contributed by atoms with Gasteiger partial charge >= 0.3 is 5.97 Å². The molecule has 0 unspecified atom stereocenters. The monoisotopic (exact) mass is 486 g/mol. The van der Waals surface area contributed by atoms with Crippen LogP contribution in [0.4, 0.5) is 5.69 Å². The third-order valence-electron chi connectivity index (χ3n) is 4.09. The number of carbonyl (C=O) groups is 2. The minimum atomic E-state index is -0.393. The highest BCUT2D eigenvalue weighted by Crippen LogP contribution is 2.32. The zero-order valence-corrected chi connectivity index (χ0v) is 18.5. The van der Waals surface area contributed by atoms with Crippen LogP contribution in [0.25, 0.3) is 10.8 Å². The number of esters is 1. The van der Waals surface area contributed by atoms with Crippen molar-refractivity contribution in [2.75, 3.05) is 18.5 Å². The molecule has 0 bridgehead atoms. The summed E-state index contributed by atoms with van der Waals surface area (Å²) in [5, 5.41) is 7.65. The summed E-state index contributed by atoms with van der Waals surface area (Å²) >= 11 is 8.68. The van der Waals surface area contributed by atoms with E-state index in [2.05, 4.69) is 26.6 Å².